The van der Waals surface area contributed by atoms with Crippen LogP contribution in [0.25, 0.3) is 5.69 Å². The topological polar surface area (TPSA) is 73.0 Å². The van der Waals surface area contributed by atoms with Crippen LogP contribution in [-0.4, -0.2) is 21.8 Å². The standard InChI is InChI=1S/C11H5F3N4O2/c12-11(13,14)10-7(4-15)16-17-18(10)6-1-2-8-9(3-6)20-5-19-8/h1-3H,5H2. The summed E-state index contributed by atoms with van der Waals surface area (Å²) in [5.74, 6) is 0.743. The van der Waals surface area contributed by atoms with Gasteiger partial charge in [0.05, 0.1) is 5.69 Å². The zero-order valence-corrected chi connectivity index (χ0v) is 9.68. The van der Waals surface area contributed by atoms with E-state index in [9.17, 15) is 13.2 Å². The van der Waals surface area contributed by atoms with Crippen LogP contribution in [0.4, 0.5) is 13.2 Å². The molecule has 0 atom stereocenters. The summed E-state index contributed by atoms with van der Waals surface area (Å²) in [6.45, 7) is 0.00567. The largest absolute Gasteiger partial charge is 0.454 e. The van der Waals surface area contributed by atoms with Crippen LogP contribution in [0.2, 0.25) is 0 Å². The van der Waals surface area contributed by atoms with Crippen LogP contribution in [0.15, 0.2) is 18.2 Å². The molecule has 0 saturated heterocycles. The number of halogens is 3. The van der Waals surface area contributed by atoms with Crippen LogP contribution in [0.1, 0.15) is 11.4 Å². The van der Waals surface area contributed by atoms with Gasteiger partial charge in [-0.25, -0.2) is 4.68 Å². The summed E-state index contributed by atoms with van der Waals surface area (Å²) >= 11 is 0. The van der Waals surface area contributed by atoms with Crippen LogP contribution in [0, 0.1) is 11.3 Å². The van der Waals surface area contributed by atoms with Crippen LogP contribution >= 0.6 is 0 Å². The molecule has 0 amide bonds. The summed E-state index contributed by atoms with van der Waals surface area (Å²) in [6.07, 6.45) is -4.75. The third kappa shape index (κ3) is 1.82. The van der Waals surface area contributed by atoms with Crippen molar-refractivity contribution in [2.75, 3.05) is 6.79 Å². The molecule has 2 aromatic rings. The summed E-state index contributed by atoms with van der Waals surface area (Å²) in [5.41, 5.74) is -1.93. The molecule has 0 saturated carbocycles. The first-order valence-electron chi connectivity index (χ1n) is 5.34. The molecule has 6 nitrogen and oxygen atoms in total. The number of benzene rings is 1. The zero-order valence-electron chi connectivity index (χ0n) is 9.68. The van der Waals surface area contributed by atoms with Gasteiger partial charge in [0.15, 0.2) is 22.9 Å². The number of rotatable bonds is 1. The van der Waals surface area contributed by atoms with Crippen molar-refractivity contribution in [3.63, 3.8) is 0 Å². The minimum atomic E-state index is -4.75. The molecule has 3 rings (SSSR count). The van der Waals surface area contributed by atoms with Gasteiger partial charge in [0, 0.05) is 6.07 Å². The molecule has 1 aliphatic heterocycles. The Morgan fingerprint density at radius 1 is 1.25 bits per heavy atom. The normalized spacial score (nSPS) is 13.3. The lowest BCUT2D eigenvalue weighted by Gasteiger charge is -2.09. The van der Waals surface area contributed by atoms with E-state index in [4.69, 9.17) is 14.7 Å². The second-order valence-corrected chi connectivity index (χ2v) is 3.85. The van der Waals surface area contributed by atoms with Crippen molar-refractivity contribution in [3.05, 3.63) is 29.6 Å². The summed E-state index contributed by atoms with van der Waals surface area (Å²) in [7, 11) is 0. The van der Waals surface area contributed by atoms with E-state index in [0.717, 1.165) is 0 Å². The first kappa shape index (κ1) is 12.3. The Bertz CT molecular complexity index is 717. The second kappa shape index (κ2) is 4.12. The van der Waals surface area contributed by atoms with E-state index in [1.165, 1.54) is 24.3 Å². The van der Waals surface area contributed by atoms with Crippen molar-refractivity contribution in [3.8, 4) is 23.3 Å². The molecular weight excluding hydrogens is 277 g/mol. The molecule has 0 fully saturated rings. The third-order valence-corrected chi connectivity index (χ3v) is 2.65. The van der Waals surface area contributed by atoms with Crippen LogP contribution in [0.5, 0.6) is 11.5 Å². The molecule has 1 aromatic heterocycles. The van der Waals surface area contributed by atoms with Gasteiger partial charge in [0.25, 0.3) is 0 Å². The van der Waals surface area contributed by atoms with Gasteiger partial charge in [-0.1, -0.05) is 5.21 Å². The number of ether oxygens (including phenoxy) is 2. The zero-order chi connectivity index (χ0) is 14.3. The van der Waals surface area contributed by atoms with Gasteiger partial charge in [-0.3, -0.25) is 0 Å². The molecule has 9 heteroatoms. The van der Waals surface area contributed by atoms with Crippen LogP contribution in [-0.2, 0) is 6.18 Å². The molecule has 1 aromatic carbocycles. The van der Waals surface area contributed by atoms with E-state index in [2.05, 4.69) is 10.3 Å². The first-order valence-corrected chi connectivity index (χ1v) is 5.34. The number of hydrogen-bond donors (Lipinski definition) is 0. The van der Waals surface area contributed by atoms with Crippen molar-refractivity contribution in [2.24, 2.45) is 0 Å². The van der Waals surface area contributed by atoms with Gasteiger partial charge in [-0.15, -0.1) is 5.10 Å². The quantitative estimate of drug-likeness (QED) is 0.798. The summed E-state index contributed by atoms with van der Waals surface area (Å²) < 4.78 is 49.7. The predicted molar refractivity (Wildman–Crippen MR) is 57.2 cm³/mol. The van der Waals surface area contributed by atoms with Crippen LogP contribution < -0.4 is 9.47 Å². The molecule has 0 unspecified atom stereocenters. The monoisotopic (exact) mass is 282 g/mol. The van der Waals surface area contributed by atoms with Gasteiger partial charge in [0.2, 0.25) is 6.79 Å². The first-order chi connectivity index (χ1) is 9.50. The molecule has 0 radical (unpaired) electrons. The Morgan fingerprint density at radius 3 is 2.70 bits per heavy atom. The van der Waals surface area contributed by atoms with E-state index < -0.39 is 17.6 Å². The highest BCUT2D eigenvalue weighted by Gasteiger charge is 2.40. The molecule has 20 heavy (non-hydrogen) atoms. The van der Waals surface area contributed by atoms with E-state index in [0.29, 0.717) is 16.2 Å². The summed E-state index contributed by atoms with van der Waals surface area (Å²) in [5, 5.41) is 15.3. The van der Waals surface area contributed by atoms with E-state index >= 15 is 0 Å². The summed E-state index contributed by atoms with van der Waals surface area (Å²) in [6, 6.07) is 5.55. The lowest BCUT2D eigenvalue weighted by Crippen LogP contribution is -2.14. The number of nitriles is 1. The fraction of sp³-hybridized carbons (Fsp3) is 0.182. The van der Waals surface area contributed by atoms with Crippen molar-refractivity contribution in [2.45, 2.75) is 6.18 Å². The van der Waals surface area contributed by atoms with Gasteiger partial charge in [-0.2, -0.15) is 18.4 Å². The van der Waals surface area contributed by atoms with E-state index in [1.54, 1.807) is 0 Å². The lowest BCUT2D eigenvalue weighted by atomic mass is 10.2. The highest BCUT2D eigenvalue weighted by atomic mass is 19.4. The summed E-state index contributed by atoms with van der Waals surface area (Å²) in [4.78, 5) is 0. The minimum absolute atomic E-state index is 0.00567. The molecule has 1 aliphatic rings. The average molecular weight is 282 g/mol. The van der Waals surface area contributed by atoms with E-state index in [-0.39, 0.29) is 12.5 Å². The van der Waals surface area contributed by atoms with Crippen molar-refractivity contribution in [1.29, 1.82) is 5.26 Å². The molecular formula is C11H5F3N4O2. The Morgan fingerprint density at radius 2 is 2.00 bits per heavy atom. The third-order valence-electron chi connectivity index (χ3n) is 2.65. The van der Waals surface area contributed by atoms with Gasteiger partial charge in [-0.05, 0) is 12.1 Å². The fourth-order valence-corrected chi connectivity index (χ4v) is 1.81. The Hall–Kier alpha value is -2.76. The number of fused-ring (bicyclic) bond motifs is 1. The second-order valence-electron chi connectivity index (χ2n) is 3.85. The smallest absolute Gasteiger partial charge is 0.436 e. The van der Waals surface area contributed by atoms with Crippen LogP contribution in [0.3, 0.4) is 0 Å². The SMILES string of the molecule is N#Cc1nnn(-c2ccc3c(c2)OCO3)c1C(F)(F)F. The van der Waals surface area contributed by atoms with E-state index in [1.807, 2.05) is 0 Å². The van der Waals surface area contributed by atoms with Crippen molar-refractivity contribution >= 4 is 0 Å². The molecule has 0 bridgehead atoms. The molecule has 2 heterocycles. The van der Waals surface area contributed by atoms with Gasteiger partial charge in [0.1, 0.15) is 6.07 Å². The maximum atomic E-state index is 13.0. The Kier molecular flexibility index (Phi) is 2.53. The number of aromatic nitrogens is 3. The maximum absolute atomic E-state index is 13.0. The van der Waals surface area contributed by atoms with Gasteiger partial charge < -0.3 is 9.47 Å². The van der Waals surface area contributed by atoms with Crippen molar-refractivity contribution < 1.29 is 22.6 Å². The average Bonchev–Trinajstić information content (AvgIpc) is 3.03. The Labute approximate surface area is 109 Å². The fourth-order valence-electron chi connectivity index (χ4n) is 1.81. The lowest BCUT2D eigenvalue weighted by molar-refractivity contribution is -0.143. The Balaban J connectivity index is 2.16. The maximum Gasteiger partial charge on any atom is 0.436 e. The molecule has 0 spiro atoms. The number of alkyl halides is 3. The number of nitrogens with zero attached hydrogens (tertiary/aromatic N) is 4. The predicted octanol–water partition coefficient (Wildman–Crippen LogP) is 1.89. The molecule has 0 N–H and O–H groups in total. The van der Waals surface area contributed by atoms with Gasteiger partial charge >= 0.3 is 6.18 Å². The van der Waals surface area contributed by atoms with Crippen molar-refractivity contribution in [1.82, 2.24) is 15.0 Å². The highest BCUT2D eigenvalue weighted by Crippen LogP contribution is 2.36. The minimum Gasteiger partial charge on any atom is -0.454 e. The molecule has 0 aliphatic carbocycles. The molecule has 102 valence electrons. The number of hydrogen-bond acceptors (Lipinski definition) is 5. The highest BCUT2D eigenvalue weighted by molar-refractivity contribution is 5.50.